The molecule has 7 rings (SSSR count). The number of urea groups is 1. The van der Waals surface area contributed by atoms with E-state index < -0.39 is 0 Å². The summed E-state index contributed by atoms with van der Waals surface area (Å²) in [6.07, 6.45) is 6.69. The van der Waals surface area contributed by atoms with Crippen LogP contribution in [0.1, 0.15) is 60.9 Å². The fourth-order valence-corrected chi connectivity index (χ4v) is 6.47. The van der Waals surface area contributed by atoms with Gasteiger partial charge in [-0.3, -0.25) is 10.1 Å². The topological polar surface area (TPSA) is 151 Å². The third kappa shape index (κ3) is 9.07. The van der Waals surface area contributed by atoms with Crippen LogP contribution in [0.15, 0.2) is 97.5 Å². The van der Waals surface area contributed by atoms with Crippen LogP contribution in [0.25, 0.3) is 16.5 Å². The van der Waals surface area contributed by atoms with E-state index in [9.17, 15) is 9.59 Å². The van der Waals surface area contributed by atoms with Gasteiger partial charge >= 0.3 is 6.03 Å². The first kappa shape index (κ1) is 37.0. The summed E-state index contributed by atoms with van der Waals surface area (Å²) in [5.74, 6) is 2.03. The smallest absolute Gasteiger partial charge is 0.324 e. The highest BCUT2D eigenvalue weighted by molar-refractivity contribution is 6.07. The molecule has 0 aliphatic carbocycles. The van der Waals surface area contributed by atoms with Gasteiger partial charge in [0.05, 0.1) is 29.5 Å². The Hall–Kier alpha value is -6.34. The van der Waals surface area contributed by atoms with Crippen LogP contribution in [0.5, 0.6) is 5.75 Å². The van der Waals surface area contributed by atoms with Gasteiger partial charge < -0.3 is 25.6 Å². The average Bonchev–Trinajstić information content (AvgIpc) is 3.59. The molecule has 13 nitrogen and oxygen atoms in total. The summed E-state index contributed by atoms with van der Waals surface area (Å²) in [4.78, 5) is 41.6. The lowest BCUT2D eigenvalue weighted by atomic mass is 9.92. The summed E-state index contributed by atoms with van der Waals surface area (Å²) in [7, 11) is 2.06. The second kappa shape index (κ2) is 15.9. The third-order valence-corrected chi connectivity index (χ3v) is 9.45. The van der Waals surface area contributed by atoms with Crippen molar-refractivity contribution >= 4 is 45.9 Å². The Morgan fingerprint density at radius 2 is 1.69 bits per heavy atom. The molecule has 0 bridgehead atoms. The van der Waals surface area contributed by atoms with Crippen LogP contribution >= 0.6 is 0 Å². The molecule has 282 valence electrons. The molecule has 1 fully saturated rings. The molecule has 0 unspecified atom stereocenters. The maximum atomic E-state index is 13.5. The van der Waals surface area contributed by atoms with Gasteiger partial charge in [-0.15, -0.1) is 0 Å². The van der Waals surface area contributed by atoms with Crippen molar-refractivity contribution in [1.29, 1.82) is 0 Å². The van der Waals surface area contributed by atoms with Crippen LogP contribution in [0.4, 0.5) is 27.9 Å². The predicted molar refractivity (Wildman–Crippen MR) is 215 cm³/mol. The van der Waals surface area contributed by atoms with Gasteiger partial charge in [0.25, 0.3) is 5.91 Å². The van der Waals surface area contributed by atoms with Crippen molar-refractivity contribution in [1.82, 2.24) is 34.9 Å². The van der Waals surface area contributed by atoms with E-state index in [0.717, 1.165) is 59.2 Å². The summed E-state index contributed by atoms with van der Waals surface area (Å²) >= 11 is 0. The van der Waals surface area contributed by atoms with Gasteiger partial charge in [0.1, 0.15) is 35.5 Å². The number of piperidine rings is 1. The van der Waals surface area contributed by atoms with Crippen LogP contribution in [-0.2, 0) is 12.0 Å². The molecule has 1 atom stereocenters. The molecule has 13 heteroatoms. The third-order valence-electron chi connectivity index (χ3n) is 9.45. The maximum Gasteiger partial charge on any atom is 0.324 e. The van der Waals surface area contributed by atoms with Gasteiger partial charge in [0.2, 0.25) is 0 Å². The van der Waals surface area contributed by atoms with Crippen LogP contribution in [-0.4, -0.2) is 67.7 Å². The normalized spacial score (nSPS) is 14.7. The molecule has 1 saturated heterocycles. The number of nitrogens with one attached hydrogen (secondary N) is 4. The van der Waals surface area contributed by atoms with Crippen molar-refractivity contribution in [2.24, 2.45) is 0 Å². The maximum absolute atomic E-state index is 13.5. The zero-order chi connectivity index (χ0) is 38.5. The number of anilines is 4. The van der Waals surface area contributed by atoms with E-state index in [1.54, 1.807) is 10.9 Å². The highest BCUT2D eigenvalue weighted by Crippen LogP contribution is 2.33. The molecule has 0 spiro atoms. The Labute approximate surface area is 320 Å². The van der Waals surface area contributed by atoms with Crippen LogP contribution < -0.4 is 26.0 Å². The molecule has 4 N–H and O–H groups in total. The molecular weight excluding hydrogens is 693 g/mol. The molecule has 3 aromatic carbocycles. The predicted octanol–water partition coefficient (Wildman–Crippen LogP) is 7.61. The summed E-state index contributed by atoms with van der Waals surface area (Å²) in [5, 5.41) is 18.8. The number of aryl methyl sites for hydroxylation is 1. The standard InChI is InChI=1S/C42H46N10O3/c1-27-12-14-30(15-13-27)52-39(22-36(50-52)42(2,3)4)49-41(54)47-33-16-17-35(32-11-7-6-10-31(32)33)55-26-28-18-19-43-37(21-28)48-38-24-44-34(23-45-38)40(53)46-29-9-8-20-51(5)25-29/h6-7,10-19,21-24,29H,8-9,20,25-26H2,1-5H3,(H,46,53)(H,43,45,48)(H2,47,49,54)/t29-/m0/s1. The SMILES string of the molecule is Cc1ccc(-n2nc(C(C)(C)C)cc2NC(=O)Nc2ccc(OCc3ccnc(Nc4cnc(C(=O)N[C@H]5CCCN(C)C5)cn4)c3)c3ccccc23)cc1. The minimum atomic E-state index is -0.389. The number of rotatable bonds is 10. The van der Waals surface area contributed by atoms with Gasteiger partial charge in [-0.25, -0.2) is 24.4 Å². The second-order valence-corrected chi connectivity index (χ2v) is 15.0. The first-order valence-corrected chi connectivity index (χ1v) is 18.4. The van der Waals surface area contributed by atoms with Crippen LogP contribution in [0, 0.1) is 6.92 Å². The lowest BCUT2D eigenvalue weighted by Crippen LogP contribution is -2.46. The largest absolute Gasteiger partial charge is 0.488 e. The number of carbonyl (C=O) groups is 2. The Morgan fingerprint density at radius 3 is 2.44 bits per heavy atom. The Morgan fingerprint density at radius 1 is 0.891 bits per heavy atom. The number of ether oxygens (including phenoxy) is 1. The first-order chi connectivity index (χ1) is 26.5. The Balaban J connectivity index is 0.998. The number of likely N-dealkylation sites (N-methyl/N-ethyl adjacent to an activating group) is 1. The molecule has 3 aromatic heterocycles. The van der Waals surface area contributed by atoms with Crippen LogP contribution in [0.2, 0.25) is 0 Å². The zero-order valence-electron chi connectivity index (χ0n) is 31.8. The lowest BCUT2D eigenvalue weighted by molar-refractivity contribution is 0.0907. The van der Waals surface area contributed by atoms with E-state index in [2.05, 4.69) is 68.9 Å². The molecule has 1 aliphatic rings. The fourth-order valence-electron chi connectivity index (χ4n) is 6.47. The zero-order valence-corrected chi connectivity index (χ0v) is 31.8. The molecule has 4 heterocycles. The van der Waals surface area contributed by atoms with Crippen molar-refractivity contribution in [3.05, 3.63) is 120 Å². The van der Waals surface area contributed by atoms with Crippen molar-refractivity contribution < 1.29 is 14.3 Å². The Bertz CT molecular complexity index is 2300. The average molecular weight is 739 g/mol. The number of benzene rings is 3. The quantitative estimate of drug-likeness (QED) is 0.111. The summed E-state index contributed by atoms with van der Waals surface area (Å²) in [5.41, 5.74) is 4.43. The minimum Gasteiger partial charge on any atom is -0.488 e. The van der Waals surface area contributed by atoms with Gasteiger partial charge in [0, 0.05) is 41.0 Å². The number of fused-ring (bicyclic) bond motifs is 1. The number of likely N-dealkylation sites (tertiary alicyclic amines) is 1. The Kier molecular flexibility index (Phi) is 10.7. The lowest BCUT2D eigenvalue weighted by Gasteiger charge is -2.30. The minimum absolute atomic E-state index is 0.105. The number of amides is 3. The molecule has 0 radical (unpaired) electrons. The summed E-state index contributed by atoms with van der Waals surface area (Å²) in [6, 6.07) is 24.9. The number of aromatic nitrogens is 5. The number of pyridine rings is 1. The van der Waals surface area contributed by atoms with E-state index in [-0.39, 0.29) is 35.7 Å². The molecule has 6 aromatic rings. The molecule has 1 aliphatic heterocycles. The van der Waals surface area contributed by atoms with E-state index >= 15 is 0 Å². The highest BCUT2D eigenvalue weighted by atomic mass is 16.5. The van der Waals surface area contributed by atoms with Crippen molar-refractivity contribution in [3.8, 4) is 11.4 Å². The van der Waals surface area contributed by atoms with Gasteiger partial charge in [0.15, 0.2) is 0 Å². The van der Waals surface area contributed by atoms with E-state index in [0.29, 0.717) is 28.9 Å². The van der Waals surface area contributed by atoms with Gasteiger partial charge in [-0.1, -0.05) is 62.7 Å². The molecular formula is C42H46N10O3. The van der Waals surface area contributed by atoms with E-state index in [1.807, 2.05) is 85.8 Å². The monoisotopic (exact) mass is 738 g/mol. The van der Waals surface area contributed by atoms with E-state index in [1.165, 1.54) is 12.4 Å². The number of carbonyl (C=O) groups excluding carboxylic acids is 2. The molecule has 0 saturated carbocycles. The van der Waals surface area contributed by atoms with Gasteiger partial charge in [-0.2, -0.15) is 5.10 Å². The molecule has 55 heavy (non-hydrogen) atoms. The second-order valence-electron chi connectivity index (χ2n) is 15.0. The fraction of sp³-hybridized carbons (Fsp3) is 0.286. The highest BCUT2D eigenvalue weighted by Gasteiger charge is 2.23. The van der Waals surface area contributed by atoms with E-state index in [4.69, 9.17) is 9.84 Å². The van der Waals surface area contributed by atoms with Crippen molar-refractivity contribution in [3.63, 3.8) is 0 Å². The van der Waals surface area contributed by atoms with Crippen molar-refractivity contribution in [2.45, 2.75) is 58.6 Å². The summed E-state index contributed by atoms with van der Waals surface area (Å²) < 4.78 is 8.07. The van der Waals surface area contributed by atoms with Crippen molar-refractivity contribution in [2.75, 3.05) is 36.1 Å². The summed E-state index contributed by atoms with van der Waals surface area (Å²) in [6.45, 7) is 10.4. The number of hydrogen-bond acceptors (Lipinski definition) is 9. The van der Waals surface area contributed by atoms with Gasteiger partial charge in [-0.05, 0) is 75.3 Å². The number of hydrogen-bond donors (Lipinski definition) is 4. The first-order valence-electron chi connectivity index (χ1n) is 18.4. The number of nitrogens with zero attached hydrogens (tertiary/aromatic N) is 6. The molecule has 3 amide bonds. The van der Waals surface area contributed by atoms with Crippen LogP contribution in [0.3, 0.4) is 0 Å².